The molecule has 2 fully saturated rings. The van der Waals surface area contributed by atoms with E-state index in [2.05, 4.69) is 47.8 Å². The number of carbonyl (C=O) groups excluding carboxylic acids is 1. The van der Waals surface area contributed by atoms with Crippen LogP contribution < -0.4 is 5.32 Å². The summed E-state index contributed by atoms with van der Waals surface area (Å²) < 4.78 is 0. The summed E-state index contributed by atoms with van der Waals surface area (Å²) in [5.41, 5.74) is 0. The first-order valence-corrected chi connectivity index (χ1v) is 9.81. The smallest absolute Gasteiger partial charge is 0.232 e. The maximum atomic E-state index is 12.6. The van der Waals surface area contributed by atoms with Crippen LogP contribution >= 0.6 is 11.8 Å². The van der Waals surface area contributed by atoms with Crippen LogP contribution in [-0.2, 0) is 4.79 Å². The normalized spacial score (nSPS) is 25.8. The Kier molecular flexibility index (Phi) is 4.51. The molecule has 3 nitrogen and oxygen atoms in total. The van der Waals surface area contributed by atoms with Crippen LogP contribution in [0.2, 0.25) is 0 Å². The summed E-state index contributed by atoms with van der Waals surface area (Å²) in [6.45, 7) is 0. The van der Waals surface area contributed by atoms with Gasteiger partial charge in [0.2, 0.25) is 5.91 Å². The number of hydrogen-bond acceptors (Lipinski definition) is 3. The van der Waals surface area contributed by atoms with Crippen LogP contribution in [0, 0.1) is 0 Å². The third kappa shape index (κ3) is 3.31. The summed E-state index contributed by atoms with van der Waals surface area (Å²) in [5, 5.41) is 6.13. The molecule has 4 rings (SSSR count). The molecule has 2 saturated heterocycles. The van der Waals surface area contributed by atoms with Gasteiger partial charge in [-0.3, -0.25) is 4.79 Å². The molecule has 2 bridgehead atoms. The zero-order valence-corrected chi connectivity index (χ0v) is 14.9. The molecule has 0 aromatic heterocycles. The second-order valence-corrected chi connectivity index (χ2v) is 8.11. The van der Waals surface area contributed by atoms with Crippen LogP contribution in [-0.4, -0.2) is 41.7 Å². The van der Waals surface area contributed by atoms with E-state index in [1.807, 2.05) is 11.9 Å². The van der Waals surface area contributed by atoms with Crippen molar-refractivity contribution in [3.05, 3.63) is 42.5 Å². The van der Waals surface area contributed by atoms with E-state index in [4.69, 9.17) is 0 Å². The number of thioether (sulfide) groups is 1. The average Bonchev–Trinajstić information content (AvgIpc) is 2.96. The minimum absolute atomic E-state index is 0.249. The van der Waals surface area contributed by atoms with Gasteiger partial charge in [-0.15, -0.1) is 11.8 Å². The Morgan fingerprint density at radius 1 is 1.12 bits per heavy atom. The van der Waals surface area contributed by atoms with E-state index in [1.165, 1.54) is 28.5 Å². The van der Waals surface area contributed by atoms with Gasteiger partial charge in [0, 0.05) is 30.1 Å². The van der Waals surface area contributed by atoms with Crippen molar-refractivity contribution < 1.29 is 4.79 Å². The highest BCUT2D eigenvalue weighted by atomic mass is 32.2. The van der Waals surface area contributed by atoms with Crippen molar-refractivity contribution in [1.82, 2.24) is 10.2 Å². The van der Waals surface area contributed by atoms with Crippen LogP contribution in [0.5, 0.6) is 0 Å². The number of nitrogens with zero attached hydrogens (tertiary/aromatic N) is 1. The largest absolute Gasteiger partial charge is 0.342 e. The average molecular weight is 340 g/mol. The molecule has 1 amide bonds. The van der Waals surface area contributed by atoms with Crippen LogP contribution in [0.25, 0.3) is 10.8 Å². The maximum absolute atomic E-state index is 12.6. The van der Waals surface area contributed by atoms with Gasteiger partial charge in [0.1, 0.15) is 0 Å². The Morgan fingerprint density at radius 2 is 1.83 bits per heavy atom. The first-order valence-electron chi connectivity index (χ1n) is 8.82. The minimum Gasteiger partial charge on any atom is -0.342 e. The van der Waals surface area contributed by atoms with Gasteiger partial charge in [-0.25, -0.2) is 0 Å². The number of amides is 1. The van der Waals surface area contributed by atoms with Gasteiger partial charge < -0.3 is 10.2 Å². The zero-order chi connectivity index (χ0) is 16.5. The van der Waals surface area contributed by atoms with Crippen molar-refractivity contribution in [2.75, 3.05) is 12.8 Å². The minimum atomic E-state index is 0.249. The van der Waals surface area contributed by atoms with Crippen LogP contribution in [0.3, 0.4) is 0 Å². The molecule has 0 radical (unpaired) electrons. The first kappa shape index (κ1) is 16.0. The second-order valence-electron chi connectivity index (χ2n) is 7.07. The predicted octanol–water partition coefficient (Wildman–Crippen LogP) is 3.67. The molecule has 2 aliphatic rings. The molecular weight excluding hydrogens is 316 g/mol. The molecule has 2 heterocycles. The number of piperidine rings is 1. The van der Waals surface area contributed by atoms with Crippen molar-refractivity contribution >= 4 is 28.4 Å². The van der Waals surface area contributed by atoms with Crippen molar-refractivity contribution in [3.63, 3.8) is 0 Å². The monoisotopic (exact) mass is 340 g/mol. The molecule has 0 saturated carbocycles. The van der Waals surface area contributed by atoms with E-state index in [0.717, 1.165) is 12.8 Å². The van der Waals surface area contributed by atoms with Gasteiger partial charge in [-0.1, -0.05) is 30.3 Å². The molecule has 0 aliphatic carbocycles. The molecule has 24 heavy (non-hydrogen) atoms. The number of carbonyl (C=O) groups is 1. The summed E-state index contributed by atoms with van der Waals surface area (Å²) >= 11 is 1.65. The number of nitrogens with one attached hydrogen (secondary N) is 1. The fraction of sp³-hybridized carbons (Fsp3) is 0.450. The van der Waals surface area contributed by atoms with Crippen LogP contribution in [0.15, 0.2) is 47.4 Å². The standard InChI is InChI=1S/C20H24N2OS/c1-22(18-11-16-7-8-17(12-18)21-16)20(23)13-24-19-9-6-14-4-2-3-5-15(14)10-19/h2-6,9-10,16-18,21H,7-8,11-13H2,1H3. The highest BCUT2D eigenvalue weighted by Crippen LogP contribution is 2.30. The summed E-state index contributed by atoms with van der Waals surface area (Å²) in [5.74, 6) is 0.771. The van der Waals surface area contributed by atoms with E-state index in [0.29, 0.717) is 23.9 Å². The zero-order valence-electron chi connectivity index (χ0n) is 14.1. The Balaban J connectivity index is 1.36. The third-order valence-corrected chi connectivity index (χ3v) is 6.45. The highest BCUT2D eigenvalue weighted by molar-refractivity contribution is 8.00. The Bertz CT molecular complexity index is 735. The van der Waals surface area contributed by atoms with Crippen molar-refractivity contribution in [2.24, 2.45) is 0 Å². The lowest BCUT2D eigenvalue weighted by molar-refractivity contribution is -0.129. The summed E-state index contributed by atoms with van der Waals surface area (Å²) in [6.07, 6.45) is 4.77. The van der Waals surface area contributed by atoms with Gasteiger partial charge in [-0.05, 0) is 48.6 Å². The summed E-state index contributed by atoms with van der Waals surface area (Å²) in [6, 6.07) is 16.4. The number of benzene rings is 2. The first-order chi connectivity index (χ1) is 11.7. The number of hydrogen-bond donors (Lipinski definition) is 1. The Morgan fingerprint density at radius 3 is 2.58 bits per heavy atom. The fourth-order valence-electron chi connectivity index (χ4n) is 4.05. The summed E-state index contributed by atoms with van der Waals surface area (Å²) in [7, 11) is 1.98. The molecule has 2 aliphatic heterocycles. The molecule has 0 spiro atoms. The third-order valence-electron chi connectivity index (χ3n) is 5.47. The molecule has 1 N–H and O–H groups in total. The Labute approximate surface area is 147 Å². The lowest BCUT2D eigenvalue weighted by Crippen LogP contribution is -2.49. The van der Waals surface area contributed by atoms with Gasteiger partial charge in [0.05, 0.1) is 5.75 Å². The quantitative estimate of drug-likeness (QED) is 0.862. The van der Waals surface area contributed by atoms with Gasteiger partial charge >= 0.3 is 0 Å². The maximum Gasteiger partial charge on any atom is 0.232 e. The highest BCUT2D eigenvalue weighted by Gasteiger charge is 2.36. The summed E-state index contributed by atoms with van der Waals surface area (Å²) in [4.78, 5) is 15.8. The predicted molar refractivity (Wildman–Crippen MR) is 100 cm³/mol. The fourth-order valence-corrected chi connectivity index (χ4v) is 4.92. The van der Waals surface area contributed by atoms with E-state index < -0.39 is 0 Å². The van der Waals surface area contributed by atoms with E-state index in [1.54, 1.807) is 11.8 Å². The molecule has 2 aromatic rings. The second kappa shape index (κ2) is 6.77. The lowest BCUT2D eigenvalue weighted by atomic mass is 9.98. The van der Waals surface area contributed by atoms with Crippen LogP contribution in [0.4, 0.5) is 0 Å². The Hall–Kier alpha value is -1.52. The molecule has 4 heteroatoms. The van der Waals surface area contributed by atoms with Crippen molar-refractivity contribution in [1.29, 1.82) is 0 Å². The SMILES string of the molecule is CN(C(=O)CSc1ccc2ccccc2c1)C1CC2CCC(C1)N2. The number of fused-ring (bicyclic) bond motifs is 3. The molecule has 2 unspecified atom stereocenters. The molecular formula is C20H24N2OS. The van der Waals surface area contributed by atoms with E-state index in [9.17, 15) is 4.79 Å². The van der Waals surface area contributed by atoms with Gasteiger partial charge in [0.15, 0.2) is 0 Å². The van der Waals surface area contributed by atoms with E-state index >= 15 is 0 Å². The number of rotatable bonds is 4. The molecule has 2 atom stereocenters. The molecule has 2 aromatic carbocycles. The van der Waals surface area contributed by atoms with Crippen molar-refractivity contribution in [2.45, 2.75) is 48.7 Å². The lowest BCUT2D eigenvalue weighted by Gasteiger charge is -2.35. The molecule has 126 valence electrons. The van der Waals surface area contributed by atoms with E-state index in [-0.39, 0.29) is 5.91 Å². The van der Waals surface area contributed by atoms with Gasteiger partial charge in [0.25, 0.3) is 0 Å². The van der Waals surface area contributed by atoms with Gasteiger partial charge in [-0.2, -0.15) is 0 Å². The van der Waals surface area contributed by atoms with Crippen LogP contribution in [0.1, 0.15) is 25.7 Å². The topological polar surface area (TPSA) is 32.3 Å². The van der Waals surface area contributed by atoms with Crippen molar-refractivity contribution in [3.8, 4) is 0 Å².